The smallest absolute Gasteiger partial charge is 0.126 e. The molecule has 4 nitrogen and oxygen atoms in total. The van der Waals surface area contributed by atoms with Crippen LogP contribution in [0.1, 0.15) is 13.8 Å². The van der Waals surface area contributed by atoms with Crippen LogP contribution in [-0.2, 0) is 4.79 Å². The Bertz CT molecular complexity index is 175. The van der Waals surface area contributed by atoms with Crippen LogP contribution in [0, 0.1) is 5.41 Å². The molecule has 0 spiro atoms. The van der Waals surface area contributed by atoms with E-state index in [0.29, 0.717) is 0 Å². The second-order valence-electron chi connectivity index (χ2n) is 4.69. The zero-order valence-corrected chi connectivity index (χ0v) is 10.5. The van der Waals surface area contributed by atoms with Gasteiger partial charge in [0.15, 0.2) is 0 Å². The highest BCUT2D eigenvalue weighted by Crippen LogP contribution is 2.14. The summed E-state index contributed by atoms with van der Waals surface area (Å²) < 4.78 is 0. The van der Waals surface area contributed by atoms with Crippen molar-refractivity contribution in [3.05, 3.63) is 0 Å². The fourth-order valence-corrected chi connectivity index (χ4v) is 1.62. The molecule has 0 aromatic rings. The van der Waals surface area contributed by atoms with Crippen LogP contribution in [0.3, 0.4) is 0 Å². The van der Waals surface area contributed by atoms with Crippen LogP contribution < -0.4 is 5.73 Å². The van der Waals surface area contributed by atoms with Gasteiger partial charge in [0, 0.05) is 38.1 Å². The molecule has 90 valence electrons. The number of hydrogen-bond donors (Lipinski definition) is 1. The summed E-state index contributed by atoms with van der Waals surface area (Å²) in [6.07, 6.45) is 1.06. The van der Waals surface area contributed by atoms with Crippen molar-refractivity contribution >= 4 is 6.29 Å². The molecule has 1 aliphatic heterocycles. The highest BCUT2D eigenvalue weighted by molar-refractivity contribution is 5.58. The summed E-state index contributed by atoms with van der Waals surface area (Å²) in [5, 5.41) is 0. The Morgan fingerprint density at radius 1 is 1.20 bits per heavy atom. The van der Waals surface area contributed by atoms with Crippen molar-refractivity contribution < 1.29 is 4.79 Å². The average molecular weight is 215 g/mol. The maximum Gasteiger partial charge on any atom is 0.126 e. The average Bonchev–Trinajstić information content (AvgIpc) is 2.24. The first-order valence-electron chi connectivity index (χ1n) is 5.48. The predicted octanol–water partition coefficient (Wildman–Crippen LogP) is 0.0338. The summed E-state index contributed by atoms with van der Waals surface area (Å²) in [5.74, 6) is 0. The summed E-state index contributed by atoms with van der Waals surface area (Å²) in [5.41, 5.74) is 4.32. The van der Waals surface area contributed by atoms with Gasteiger partial charge in [0.2, 0.25) is 0 Å². The van der Waals surface area contributed by atoms with E-state index in [9.17, 15) is 4.79 Å². The number of nitrogens with two attached hydrogens (primary N) is 1. The third-order valence-corrected chi connectivity index (χ3v) is 2.55. The topological polar surface area (TPSA) is 49.6 Å². The van der Waals surface area contributed by atoms with Gasteiger partial charge in [0.05, 0.1) is 0 Å². The second kappa shape index (κ2) is 6.93. The fraction of sp³-hybridized carbons (Fsp3) is 0.909. The Morgan fingerprint density at radius 3 is 2.07 bits per heavy atom. The summed E-state index contributed by atoms with van der Waals surface area (Å²) in [7, 11) is 3.64. The van der Waals surface area contributed by atoms with Gasteiger partial charge in [-0.15, -0.1) is 0 Å². The van der Waals surface area contributed by atoms with E-state index in [2.05, 4.69) is 22.6 Å². The molecule has 1 aliphatic rings. The van der Waals surface area contributed by atoms with Crippen LogP contribution in [0.4, 0.5) is 0 Å². The molecule has 0 radical (unpaired) electrons. The molecule has 0 aromatic heterocycles. The van der Waals surface area contributed by atoms with Gasteiger partial charge in [-0.25, -0.2) is 0 Å². The third kappa shape index (κ3) is 5.87. The van der Waals surface area contributed by atoms with E-state index >= 15 is 0 Å². The SMILES string of the molecule is CN.CN1CCN(CC(C)(C)C=O)CC1. The number of carbonyl (C=O) groups excluding carboxylic acids is 1. The minimum Gasteiger partial charge on any atom is -0.333 e. The Balaban J connectivity index is 0.000000921. The van der Waals surface area contributed by atoms with Crippen LogP contribution in [0.15, 0.2) is 0 Å². The van der Waals surface area contributed by atoms with Crippen LogP contribution in [0.25, 0.3) is 0 Å². The van der Waals surface area contributed by atoms with Gasteiger partial charge in [0.1, 0.15) is 6.29 Å². The third-order valence-electron chi connectivity index (χ3n) is 2.55. The molecule has 4 heteroatoms. The van der Waals surface area contributed by atoms with Crippen molar-refractivity contribution in [2.45, 2.75) is 13.8 Å². The highest BCUT2D eigenvalue weighted by Gasteiger charge is 2.23. The molecular weight excluding hydrogens is 190 g/mol. The first-order chi connectivity index (χ1) is 7.03. The maximum atomic E-state index is 10.7. The van der Waals surface area contributed by atoms with E-state index in [4.69, 9.17) is 0 Å². The van der Waals surface area contributed by atoms with E-state index in [0.717, 1.165) is 39.0 Å². The molecule has 0 amide bonds. The molecular formula is C11H25N3O. The Kier molecular flexibility index (Phi) is 6.72. The van der Waals surface area contributed by atoms with Gasteiger partial charge in [-0.1, -0.05) is 13.8 Å². The first-order valence-corrected chi connectivity index (χ1v) is 5.48. The Morgan fingerprint density at radius 2 is 1.67 bits per heavy atom. The van der Waals surface area contributed by atoms with Crippen LogP contribution in [0.5, 0.6) is 0 Å². The lowest BCUT2D eigenvalue weighted by Gasteiger charge is -2.35. The maximum absolute atomic E-state index is 10.7. The van der Waals surface area contributed by atoms with Gasteiger partial charge >= 0.3 is 0 Å². The molecule has 1 heterocycles. The number of nitrogens with zero attached hydrogens (tertiary/aromatic N) is 2. The monoisotopic (exact) mass is 215 g/mol. The van der Waals surface area contributed by atoms with Crippen molar-refractivity contribution in [2.24, 2.45) is 11.1 Å². The lowest BCUT2D eigenvalue weighted by molar-refractivity contribution is -0.115. The molecule has 1 rings (SSSR count). The molecule has 0 saturated carbocycles. The lowest BCUT2D eigenvalue weighted by atomic mass is 9.95. The molecule has 1 fully saturated rings. The van der Waals surface area contributed by atoms with E-state index < -0.39 is 0 Å². The van der Waals surface area contributed by atoms with Crippen LogP contribution in [0.2, 0.25) is 0 Å². The van der Waals surface area contributed by atoms with E-state index in [1.807, 2.05) is 13.8 Å². The number of rotatable bonds is 3. The van der Waals surface area contributed by atoms with Crippen LogP contribution in [-0.4, -0.2) is 62.9 Å². The molecule has 0 bridgehead atoms. The van der Waals surface area contributed by atoms with E-state index in [-0.39, 0.29) is 5.41 Å². The lowest BCUT2D eigenvalue weighted by Crippen LogP contribution is -2.47. The number of likely N-dealkylation sites (N-methyl/N-ethyl adjacent to an activating group) is 1. The zero-order valence-electron chi connectivity index (χ0n) is 10.5. The molecule has 0 aromatic carbocycles. The number of hydrogen-bond acceptors (Lipinski definition) is 4. The molecule has 2 N–H and O–H groups in total. The predicted molar refractivity (Wildman–Crippen MR) is 63.9 cm³/mol. The van der Waals surface area contributed by atoms with E-state index in [1.165, 1.54) is 7.05 Å². The standard InChI is InChI=1S/C10H20N2O.CH5N/c1-10(2,9-13)8-12-6-4-11(3)5-7-12;1-2/h9H,4-8H2,1-3H3;2H2,1H3. The largest absolute Gasteiger partial charge is 0.333 e. The van der Waals surface area contributed by atoms with Gasteiger partial charge in [-0.3, -0.25) is 4.90 Å². The zero-order chi connectivity index (χ0) is 11.9. The summed E-state index contributed by atoms with van der Waals surface area (Å²) in [6, 6.07) is 0. The van der Waals surface area contributed by atoms with Gasteiger partial charge in [0.25, 0.3) is 0 Å². The molecule has 0 aliphatic carbocycles. The summed E-state index contributed by atoms with van der Waals surface area (Å²) in [6.45, 7) is 9.31. The Labute approximate surface area is 93.4 Å². The van der Waals surface area contributed by atoms with Crippen molar-refractivity contribution in [3.63, 3.8) is 0 Å². The molecule has 0 unspecified atom stereocenters. The highest BCUT2D eigenvalue weighted by atomic mass is 16.1. The van der Waals surface area contributed by atoms with Gasteiger partial charge < -0.3 is 15.4 Å². The van der Waals surface area contributed by atoms with Gasteiger partial charge in [-0.05, 0) is 14.1 Å². The number of piperazine rings is 1. The van der Waals surface area contributed by atoms with Crippen molar-refractivity contribution in [1.29, 1.82) is 0 Å². The van der Waals surface area contributed by atoms with Crippen molar-refractivity contribution in [3.8, 4) is 0 Å². The van der Waals surface area contributed by atoms with Crippen molar-refractivity contribution in [1.82, 2.24) is 9.80 Å². The van der Waals surface area contributed by atoms with Gasteiger partial charge in [-0.2, -0.15) is 0 Å². The fourth-order valence-electron chi connectivity index (χ4n) is 1.62. The normalized spacial score (nSPS) is 19.3. The molecule has 1 saturated heterocycles. The Hall–Kier alpha value is -0.450. The molecule has 15 heavy (non-hydrogen) atoms. The minimum absolute atomic E-state index is 0.185. The van der Waals surface area contributed by atoms with Crippen LogP contribution >= 0.6 is 0 Å². The minimum atomic E-state index is -0.185. The number of carbonyl (C=O) groups is 1. The second-order valence-corrected chi connectivity index (χ2v) is 4.69. The van der Waals surface area contributed by atoms with Crippen molar-refractivity contribution in [2.75, 3.05) is 46.8 Å². The van der Waals surface area contributed by atoms with E-state index in [1.54, 1.807) is 0 Å². The summed E-state index contributed by atoms with van der Waals surface area (Å²) >= 11 is 0. The quantitative estimate of drug-likeness (QED) is 0.675. The molecule has 0 atom stereocenters. The summed E-state index contributed by atoms with van der Waals surface area (Å²) in [4.78, 5) is 15.4. The first kappa shape index (κ1) is 14.6. The number of aldehydes is 1.